The van der Waals surface area contributed by atoms with Crippen molar-refractivity contribution in [2.24, 2.45) is 11.7 Å². The molecule has 1 aliphatic heterocycles. The van der Waals surface area contributed by atoms with Gasteiger partial charge < -0.3 is 10.6 Å². The summed E-state index contributed by atoms with van der Waals surface area (Å²) >= 11 is 3.71. The van der Waals surface area contributed by atoms with Crippen molar-refractivity contribution in [1.82, 2.24) is 0 Å². The fraction of sp³-hybridized carbons (Fsp3) is 0.600. The molecule has 100 valence electrons. The van der Waals surface area contributed by atoms with Gasteiger partial charge in [0, 0.05) is 17.1 Å². The van der Waals surface area contributed by atoms with Crippen LogP contribution in [0, 0.1) is 5.92 Å². The first-order valence-electron chi connectivity index (χ1n) is 6.87. The average molecular weight is 311 g/mol. The molecule has 0 aliphatic carbocycles. The smallest absolute Gasteiger partial charge is 0.0513 e. The minimum atomic E-state index is 0.630. The van der Waals surface area contributed by atoms with Crippen LogP contribution >= 0.6 is 15.9 Å². The summed E-state index contributed by atoms with van der Waals surface area (Å²) in [7, 11) is 0. The average Bonchev–Trinajstić information content (AvgIpc) is 2.31. The third-order valence-corrected chi connectivity index (χ3v) is 4.53. The highest BCUT2D eigenvalue weighted by Gasteiger charge is 2.24. The Kier molecular flexibility index (Phi) is 4.68. The second kappa shape index (κ2) is 6.07. The molecule has 1 aromatic carbocycles. The van der Waals surface area contributed by atoms with E-state index in [0.29, 0.717) is 12.6 Å². The Morgan fingerprint density at radius 1 is 1.39 bits per heavy atom. The summed E-state index contributed by atoms with van der Waals surface area (Å²) in [6.45, 7) is 6.56. The van der Waals surface area contributed by atoms with Crippen molar-refractivity contribution in [2.75, 3.05) is 18.0 Å². The van der Waals surface area contributed by atoms with E-state index in [1.165, 1.54) is 28.6 Å². The zero-order chi connectivity index (χ0) is 13.1. The van der Waals surface area contributed by atoms with Gasteiger partial charge in [-0.1, -0.05) is 13.0 Å². The maximum Gasteiger partial charge on any atom is 0.0513 e. The van der Waals surface area contributed by atoms with Gasteiger partial charge in [-0.05, 0) is 72.3 Å². The van der Waals surface area contributed by atoms with Gasteiger partial charge in [0.1, 0.15) is 0 Å². The minimum Gasteiger partial charge on any atom is -0.368 e. The molecule has 2 nitrogen and oxygen atoms in total. The molecule has 1 saturated heterocycles. The van der Waals surface area contributed by atoms with Crippen molar-refractivity contribution in [3.63, 3.8) is 0 Å². The molecule has 18 heavy (non-hydrogen) atoms. The third-order valence-electron chi connectivity index (χ3n) is 3.89. The van der Waals surface area contributed by atoms with Gasteiger partial charge in [0.2, 0.25) is 0 Å². The van der Waals surface area contributed by atoms with Crippen LogP contribution in [0.3, 0.4) is 0 Å². The number of nitrogens with two attached hydrogens (primary N) is 1. The number of hydrogen-bond acceptors (Lipinski definition) is 2. The van der Waals surface area contributed by atoms with E-state index in [-0.39, 0.29) is 0 Å². The van der Waals surface area contributed by atoms with Gasteiger partial charge >= 0.3 is 0 Å². The van der Waals surface area contributed by atoms with Crippen LogP contribution in [0.5, 0.6) is 0 Å². The van der Waals surface area contributed by atoms with Crippen LogP contribution in [0.4, 0.5) is 5.69 Å². The van der Waals surface area contributed by atoms with E-state index in [1.807, 2.05) is 0 Å². The number of rotatable bonds is 3. The van der Waals surface area contributed by atoms with Crippen LogP contribution in [0.15, 0.2) is 22.7 Å². The predicted octanol–water partition coefficient (Wildman–Crippen LogP) is 3.58. The van der Waals surface area contributed by atoms with E-state index in [1.54, 1.807) is 0 Å². The first-order valence-corrected chi connectivity index (χ1v) is 7.66. The summed E-state index contributed by atoms with van der Waals surface area (Å²) in [6.07, 6.45) is 3.53. The van der Waals surface area contributed by atoms with Crippen LogP contribution in [0.2, 0.25) is 0 Å². The van der Waals surface area contributed by atoms with Crippen LogP contribution in [-0.4, -0.2) is 19.1 Å². The number of nitrogens with zero attached hydrogens (tertiary/aromatic N) is 1. The maximum atomic E-state index is 5.60. The van der Waals surface area contributed by atoms with Crippen molar-refractivity contribution in [3.05, 3.63) is 28.2 Å². The van der Waals surface area contributed by atoms with Gasteiger partial charge in [-0.25, -0.2) is 0 Å². The van der Waals surface area contributed by atoms with Gasteiger partial charge in [0.25, 0.3) is 0 Å². The third kappa shape index (κ3) is 3.07. The second-order valence-electron chi connectivity index (χ2n) is 5.50. The van der Waals surface area contributed by atoms with Crippen molar-refractivity contribution < 1.29 is 0 Å². The molecule has 1 fully saturated rings. The number of hydrogen-bond donors (Lipinski definition) is 1. The summed E-state index contributed by atoms with van der Waals surface area (Å²) in [5.41, 5.74) is 8.24. The Morgan fingerprint density at radius 3 is 2.78 bits per heavy atom. The summed E-state index contributed by atoms with van der Waals surface area (Å²) in [4.78, 5) is 2.52. The number of halogens is 1. The second-order valence-corrected chi connectivity index (χ2v) is 6.35. The molecule has 0 amide bonds. The molecular formula is C15H23BrN2. The SMILES string of the molecule is CC1CCN(c2ccc(CCN)cc2Br)C(C)C1. The molecule has 0 radical (unpaired) electrons. The van der Waals surface area contributed by atoms with Crippen molar-refractivity contribution in [1.29, 1.82) is 0 Å². The number of anilines is 1. The fourth-order valence-electron chi connectivity index (χ4n) is 2.87. The molecule has 1 aromatic rings. The molecule has 2 atom stereocenters. The first kappa shape index (κ1) is 13.9. The Morgan fingerprint density at radius 2 is 2.17 bits per heavy atom. The van der Waals surface area contributed by atoms with E-state index in [9.17, 15) is 0 Å². The fourth-order valence-corrected chi connectivity index (χ4v) is 3.52. The summed E-state index contributed by atoms with van der Waals surface area (Å²) < 4.78 is 1.20. The molecule has 2 rings (SSSR count). The Balaban J connectivity index is 2.17. The molecule has 0 bridgehead atoms. The molecular weight excluding hydrogens is 288 g/mol. The van der Waals surface area contributed by atoms with E-state index < -0.39 is 0 Å². The predicted molar refractivity (Wildman–Crippen MR) is 82.1 cm³/mol. The lowest BCUT2D eigenvalue weighted by Gasteiger charge is -2.39. The Hall–Kier alpha value is -0.540. The summed E-state index contributed by atoms with van der Waals surface area (Å²) in [6, 6.07) is 7.29. The van der Waals surface area contributed by atoms with Gasteiger partial charge in [0.15, 0.2) is 0 Å². The standard InChI is InChI=1S/C15H23BrN2/c1-11-6-8-18(12(2)9-11)15-4-3-13(5-7-17)10-14(15)16/h3-4,10-12H,5-9,17H2,1-2H3. The molecule has 3 heteroatoms. The molecule has 1 heterocycles. The van der Waals surface area contributed by atoms with Crippen LogP contribution in [0.25, 0.3) is 0 Å². The normalized spacial score (nSPS) is 24.3. The molecule has 1 aliphatic rings. The van der Waals surface area contributed by atoms with Crippen molar-refractivity contribution in [3.8, 4) is 0 Å². The number of benzene rings is 1. The number of piperidine rings is 1. The molecule has 0 spiro atoms. The van der Waals surface area contributed by atoms with E-state index >= 15 is 0 Å². The topological polar surface area (TPSA) is 29.3 Å². The zero-order valence-electron chi connectivity index (χ0n) is 11.3. The lowest BCUT2D eigenvalue weighted by molar-refractivity contribution is 0.377. The monoisotopic (exact) mass is 310 g/mol. The molecule has 0 aromatic heterocycles. The zero-order valence-corrected chi connectivity index (χ0v) is 12.9. The highest BCUT2D eigenvalue weighted by atomic mass is 79.9. The largest absolute Gasteiger partial charge is 0.368 e. The van der Waals surface area contributed by atoms with Gasteiger partial charge in [0.05, 0.1) is 5.69 Å². The quantitative estimate of drug-likeness (QED) is 0.924. The maximum absolute atomic E-state index is 5.60. The van der Waals surface area contributed by atoms with Crippen LogP contribution < -0.4 is 10.6 Å². The lowest BCUT2D eigenvalue weighted by Crippen LogP contribution is -2.40. The van der Waals surface area contributed by atoms with Crippen molar-refractivity contribution >= 4 is 21.6 Å². The van der Waals surface area contributed by atoms with Crippen LogP contribution in [-0.2, 0) is 6.42 Å². The van der Waals surface area contributed by atoms with Crippen LogP contribution in [0.1, 0.15) is 32.3 Å². The highest BCUT2D eigenvalue weighted by Crippen LogP contribution is 2.33. The van der Waals surface area contributed by atoms with Gasteiger partial charge in [-0.2, -0.15) is 0 Å². The summed E-state index contributed by atoms with van der Waals surface area (Å²) in [5, 5.41) is 0. The highest BCUT2D eigenvalue weighted by molar-refractivity contribution is 9.10. The minimum absolute atomic E-state index is 0.630. The Labute approximate surface area is 119 Å². The van der Waals surface area contributed by atoms with E-state index in [0.717, 1.165) is 18.9 Å². The first-order chi connectivity index (χ1) is 8.61. The molecule has 2 unspecified atom stereocenters. The van der Waals surface area contributed by atoms with E-state index in [2.05, 4.69) is 52.9 Å². The summed E-state index contributed by atoms with van der Waals surface area (Å²) in [5.74, 6) is 0.853. The van der Waals surface area contributed by atoms with Crippen molar-refractivity contribution in [2.45, 2.75) is 39.2 Å². The van der Waals surface area contributed by atoms with Gasteiger partial charge in [-0.15, -0.1) is 0 Å². The molecule has 0 saturated carbocycles. The van der Waals surface area contributed by atoms with E-state index in [4.69, 9.17) is 5.73 Å². The van der Waals surface area contributed by atoms with Gasteiger partial charge in [-0.3, -0.25) is 0 Å². The lowest BCUT2D eigenvalue weighted by atomic mass is 9.93. The Bertz CT molecular complexity index is 405. The molecule has 2 N–H and O–H groups in total.